The highest BCUT2D eigenvalue weighted by atomic mass is 16.5. The van der Waals surface area contributed by atoms with E-state index in [0.717, 1.165) is 83.5 Å². The number of carbonyl (C=O) groups is 2. The lowest BCUT2D eigenvalue weighted by Gasteiger charge is -2.20. The molecule has 0 rings (SSSR count). The zero-order valence-corrected chi connectivity index (χ0v) is 33.1. The topological polar surface area (TPSA) is 95.9 Å². The Morgan fingerprint density at radius 1 is 0.540 bits per heavy atom. The molecule has 0 aliphatic rings. The number of unbranched alkanes of at least 4 members (excludes halogenated alkanes) is 26. The van der Waals surface area contributed by atoms with Gasteiger partial charge in [0.1, 0.15) is 0 Å². The second-order valence-corrected chi connectivity index (χ2v) is 14.7. The standard InChI is InChI=1S/C44H83NO5/c1-3-5-7-9-11-13-14-18-22-26-30-34-38-44(49)50-39-35-31-27-23-19-16-15-17-21-25-29-33-37-43(48)45-41(40-46)42(47)36-32-28-24-20-12-10-8-6-4-2/h16,19,32,36,41-42,46-47H,3-15,17-18,20-31,33-35,37-40H2,1-2H3,(H,45,48)/b19-16-,36-32+. The van der Waals surface area contributed by atoms with Crippen LogP contribution in [0.15, 0.2) is 24.3 Å². The molecule has 0 aliphatic heterocycles. The van der Waals surface area contributed by atoms with Gasteiger partial charge in [0.2, 0.25) is 5.91 Å². The van der Waals surface area contributed by atoms with Crippen molar-refractivity contribution in [1.29, 1.82) is 0 Å². The highest BCUT2D eigenvalue weighted by Crippen LogP contribution is 2.14. The number of nitrogens with one attached hydrogen (secondary N) is 1. The van der Waals surface area contributed by atoms with Crippen molar-refractivity contribution in [2.24, 2.45) is 0 Å². The van der Waals surface area contributed by atoms with Crippen molar-refractivity contribution < 1.29 is 24.5 Å². The zero-order chi connectivity index (χ0) is 36.6. The Hall–Kier alpha value is -1.66. The summed E-state index contributed by atoms with van der Waals surface area (Å²) >= 11 is 0. The molecule has 2 unspecified atom stereocenters. The van der Waals surface area contributed by atoms with Gasteiger partial charge in [0, 0.05) is 12.8 Å². The molecule has 2 atom stereocenters. The van der Waals surface area contributed by atoms with Gasteiger partial charge in [-0.1, -0.05) is 167 Å². The van der Waals surface area contributed by atoms with Gasteiger partial charge in [0.05, 0.1) is 25.4 Å². The summed E-state index contributed by atoms with van der Waals surface area (Å²) in [5, 5.41) is 22.8. The maximum absolute atomic E-state index is 12.3. The molecule has 6 heteroatoms. The van der Waals surface area contributed by atoms with E-state index in [0.29, 0.717) is 19.4 Å². The molecule has 0 aromatic heterocycles. The molecular weight excluding hydrogens is 622 g/mol. The van der Waals surface area contributed by atoms with Crippen LogP contribution >= 0.6 is 0 Å². The minimum atomic E-state index is -0.857. The predicted octanol–water partition coefficient (Wildman–Crippen LogP) is 12.0. The lowest BCUT2D eigenvalue weighted by molar-refractivity contribution is -0.143. The van der Waals surface area contributed by atoms with Crippen LogP contribution in [0.2, 0.25) is 0 Å². The Bertz CT molecular complexity index is 782. The van der Waals surface area contributed by atoms with E-state index in [1.54, 1.807) is 6.08 Å². The number of hydrogen-bond acceptors (Lipinski definition) is 5. The molecule has 3 N–H and O–H groups in total. The van der Waals surface area contributed by atoms with Crippen LogP contribution in [0, 0.1) is 0 Å². The number of hydrogen-bond donors (Lipinski definition) is 3. The zero-order valence-electron chi connectivity index (χ0n) is 33.1. The third-order valence-electron chi connectivity index (χ3n) is 9.72. The maximum atomic E-state index is 12.3. The van der Waals surface area contributed by atoms with Crippen molar-refractivity contribution in [3.63, 3.8) is 0 Å². The average Bonchev–Trinajstić information content (AvgIpc) is 3.11. The second kappa shape index (κ2) is 40.1. The Morgan fingerprint density at radius 2 is 0.940 bits per heavy atom. The van der Waals surface area contributed by atoms with Crippen LogP contribution in [0.5, 0.6) is 0 Å². The number of esters is 1. The molecule has 0 aliphatic carbocycles. The molecule has 0 aromatic carbocycles. The van der Waals surface area contributed by atoms with Gasteiger partial charge in [0.25, 0.3) is 0 Å². The number of amides is 1. The average molecular weight is 706 g/mol. The first-order chi connectivity index (χ1) is 24.5. The van der Waals surface area contributed by atoms with Crippen LogP contribution in [-0.4, -0.2) is 47.4 Å². The quantitative estimate of drug-likeness (QED) is 0.0336. The van der Waals surface area contributed by atoms with E-state index in [9.17, 15) is 19.8 Å². The van der Waals surface area contributed by atoms with Gasteiger partial charge >= 0.3 is 5.97 Å². The van der Waals surface area contributed by atoms with Crippen LogP contribution in [0.1, 0.15) is 219 Å². The Balaban J connectivity index is 3.54. The van der Waals surface area contributed by atoms with E-state index < -0.39 is 12.1 Å². The van der Waals surface area contributed by atoms with Crippen molar-refractivity contribution >= 4 is 11.9 Å². The predicted molar refractivity (Wildman–Crippen MR) is 213 cm³/mol. The lowest BCUT2D eigenvalue weighted by atomic mass is 10.0. The number of ether oxygens (including phenoxy) is 1. The first-order valence-corrected chi connectivity index (χ1v) is 21.6. The molecule has 0 bridgehead atoms. The molecule has 6 nitrogen and oxygen atoms in total. The molecule has 0 radical (unpaired) electrons. The Kier molecular flexibility index (Phi) is 38.8. The second-order valence-electron chi connectivity index (χ2n) is 14.7. The minimum Gasteiger partial charge on any atom is -0.466 e. The van der Waals surface area contributed by atoms with E-state index >= 15 is 0 Å². The molecule has 0 aromatic rings. The number of carbonyl (C=O) groups excluding carboxylic acids is 2. The van der Waals surface area contributed by atoms with Crippen LogP contribution in [0.25, 0.3) is 0 Å². The molecule has 0 spiro atoms. The molecule has 0 saturated carbocycles. The third kappa shape index (κ3) is 36.1. The summed E-state index contributed by atoms with van der Waals surface area (Å²) in [5.41, 5.74) is 0. The monoisotopic (exact) mass is 706 g/mol. The van der Waals surface area contributed by atoms with E-state index in [-0.39, 0.29) is 18.5 Å². The normalized spacial score (nSPS) is 13.0. The van der Waals surface area contributed by atoms with Gasteiger partial charge in [-0.05, 0) is 64.2 Å². The van der Waals surface area contributed by atoms with Gasteiger partial charge in [0.15, 0.2) is 0 Å². The van der Waals surface area contributed by atoms with Crippen LogP contribution in [-0.2, 0) is 14.3 Å². The van der Waals surface area contributed by atoms with Gasteiger partial charge < -0.3 is 20.3 Å². The van der Waals surface area contributed by atoms with Crippen molar-refractivity contribution in [3.05, 3.63) is 24.3 Å². The van der Waals surface area contributed by atoms with Crippen molar-refractivity contribution in [3.8, 4) is 0 Å². The minimum absolute atomic E-state index is 0.0251. The number of allylic oxidation sites excluding steroid dienone is 3. The van der Waals surface area contributed by atoms with E-state index in [1.165, 1.54) is 109 Å². The smallest absolute Gasteiger partial charge is 0.305 e. The first kappa shape index (κ1) is 48.3. The van der Waals surface area contributed by atoms with Crippen molar-refractivity contribution in [2.45, 2.75) is 231 Å². The van der Waals surface area contributed by atoms with Crippen molar-refractivity contribution in [2.75, 3.05) is 13.2 Å². The van der Waals surface area contributed by atoms with Crippen LogP contribution in [0.3, 0.4) is 0 Å². The summed E-state index contributed by atoms with van der Waals surface area (Å²) in [6, 6.07) is -0.643. The van der Waals surface area contributed by atoms with Gasteiger partial charge in [-0.3, -0.25) is 9.59 Å². The highest BCUT2D eigenvalue weighted by molar-refractivity contribution is 5.76. The summed E-state index contributed by atoms with van der Waals surface area (Å²) < 4.78 is 5.42. The fourth-order valence-corrected chi connectivity index (χ4v) is 6.33. The number of aliphatic hydroxyl groups is 2. The number of aliphatic hydroxyl groups excluding tert-OH is 2. The molecule has 0 saturated heterocycles. The fraction of sp³-hybridized carbons (Fsp3) is 0.864. The SMILES string of the molecule is CCCCCCCCC/C=C/C(O)C(CO)NC(=O)CCCCCCC/C=C\CCCCCOC(=O)CCCCCCCCCCCCCC. The maximum Gasteiger partial charge on any atom is 0.305 e. The largest absolute Gasteiger partial charge is 0.466 e. The molecule has 1 amide bonds. The molecule has 0 fully saturated rings. The molecule has 0 heterocycles. The summed E-state index contributed by atoms with van der Waals surface area (Å²) in [7, 11) is 0. The highest BCUT2D eigenvalue weighted by Gasteiger charge is 2.18. The van der Waals surface area contributed by atoms with E-state index in [4.69, 9.17) is 4.74 Å². The van der Waals surface area contributed by atoms with Gasteiger partial charge in [-0.25, -0.2) is 0 Å². The summed E-state index contributed by atoms with van der Waals surface area (Å²) in [5.74, 6) is -0.123. The van der Waals surface area contributed by atoms with E-state index in [2.05, 4.69) is 31.3 Å². The molecule has 50 heavy (non-hydrogen) atoms. The third-order valence-corrected chi connectivity index (χ3v) is 9.72. The number of rotatable bonds is 39. The van der Waals surface area contributed by atoms with E-state index in [1.807, 2.05) is 6.08 Å². The summed E-state index contributed by atoms with van der Waals surface area (Å²) in [6.45, 7) is 4.79. The Morgan fingerprint density at radius 3 is 1.42 bits per heavy atom. The Labute approximate surface area is 310 Å². The summed E-state index contributed by atoms with van der Waals surface area (Å²) in [6.07, 6.45) is 44.5. The van der Waals surface area contributed by atoms with Crippen molar-refractivity contribution in [1.82, 2.24) is 5.32 Å². The molecular formula is C44H83NO5. The lowest BCUT2D eigenvalue weighted by Crippen LogP contribution is -2.45. The first-order valence-electron chi connectivity index (χ1n) is 21.6. The fourth-order valence-electron chi connectivity index (χ4n) is 6.33. The van der Waals surface area contributed by atoms with Gasteiger partial charge in [-0.15, -0.1) is 0 Å². The molecule has 294 valence electrons. The summed E-state index contributed by atoms with van der Waals surface area (Å²) in [4.78, 5) is 24.3. The van der Waals surface area contributed by atoms with Gasteiger partial charge in [-0.2, -0.15) is 0 Å². The van der Waals surface area contributed by atoms with Crippen LogP contribution in [0.4, 0.5) is 0 Å². The van der Waals surface area contributed by atoms with Crippen LogP contribution < -0.4 is 5.32 Å².